The summed E-state index contributed by atoms with van der Waals surface area (Å²) in [6, 6.07) is 22.9. The summed E-state index contributed by atoms with van der Waals surface area (Å²) in [5.74, 6) is -1.64. The Morgan fingerprint density at radius 2 is 1.64 bits per heavy atom. The van der Waals surface area contributed by atoms with Crippen LogP contribution in [-0.2, 0) is 17.8 Å². The van der Waals surface area contributed by atoms with E-state index in [1.165, 1.54) is 30.0 Å². The fraction of sp³-hybridized carbons (Fsp3) is 0.219. The fourth-order valence-corrected chi connectivity index (χ4v) is 6.66. The van der Waals surface area contributed by atoms with Gasteiger partial charge in [0.25, 0.3) is 11.4 Å². The van der Waals surface area contributed by atoms with Crippen LogP contribution in [0.5, 0.6) is 0 Å². The number of carboxylic acid groups (broad SMARTS) is 1. The number of nitro benzene ring substituents is 2. The van der Waals surface area contributed by atoms with Crippen LogP contribution < -0.4 is 0 Å². The van der Waals surface area contributed by atoms with Crippen molar-refractivity contribution in [2.45, 2.75) is 43.5 Å². The summed E-state index contributed by atoms with van der Waals surface area (Å²) in [7, 11) is 0. The van der Waals surface area contributed by atoms with E-state index in [1.807, 2.05) is 30.5 Å². The van der Waals surface area contributed by atoms with Gasteiger partial charge in [-0.1, -0.05) is 61.9 Å². The first kappa shape index (κ1) is 28.8. The Morgan fingerprint density at radius 1 is 0.952 bits per heavy atom. The SMILES string of the molecule is CCCc1cc(C(CC(=O)O)c2cccc([N+](=O)[O-])c2)c(SC)c2c1c1ccccc1n2Cc1cccc([N+](=O)[O-])c1. The predicted molar refractivity (Wildman–Crippen MR) is 165 cm³/mol. The summed E-state index contributed by atoms with van der Waals surface area (Å²) < 4.78 is 2.16. The number of aromatic nitrogens is 1. The van der Waals surface area contributed by atoms with Crippen LogP contribution in [0, 0.1) is 20.2 Å². The highest BCUT2D eigenvalue weighted by atomic mass is 32.2. The summed E-state index contributed by atoms with van der Waals surface area (Å²) in [6.07, 6.45) is 3.31. The molecule has 0 amide bonds. The van der Waals surface area contributed by atoms with Gasteiger partial charge in [-0.2, -0.15) is 0 Å². The van der Waals surface area contributed by atoms with Crippen molar-refractivity contribution in [3.8, 4) is 0 Å². The van der Waals surface area contributed by atoms with Gasteiger partial charge in [-0.15, -0.1) is 11.8 Å². The third-order valence-corrected chi connectivity index (χ3v) is 8.36. The lowest BCUT2D eigenvalue weighted by atomic mass is 9.85. The molecule has 0 saturated heterocycles. The minimum absolute atomic E-state index is 0.0120. The molecule has 1 N–H and O–H groups in total. The number of hydrogen-bond acceptors (Lipinski definition) is 6. The number of non-ortho nitro benzene ring substituents is 2. The minimum Gasteiger partial charge on any atom is -0.481 e. The quantitative estimate of drug-likeness (QED) is 0.0949. The monoisotopic (exact) mass is 583 g/mol. The number of carboxylic acids is 1. The molecule has 42 heavy (non-hydrogen) atoms. The Morgan fingerprint density at radius 3 is 2.31 bits per heavy atom. The van der Waals surface area contributed by atoms with E-state index in [1.54, 1.807) is 24.3 Å². The molecule has 0 radical (unpaired) electrons. The molecular weight excluding hydrogens is 554 g/mol. The van der Waals surface area contributed by atoms with Gasteiger partial charge < -0.3 is 9.67 Å². The fourth-order valence-electron chi connectivity index (χ4n) is 5.82. The highest BCUT2D eigenvalue weighted by molar-refractivity contribution is 7.98. The van der Waals surface area contributed by atoms with Gasteiger partial charge in [0, 0.05) is 57.9 Å². The lowest BCUT2D eigenvalue weighted by Crippen LogP contribution is -2.11. The maximum Gasteiger partial charge on any atom is 0.304 e. The zero-order chi connectivity index (χ0) is 30.0. The van der Waals surface area contributed by atoms with Crippen molar-refractivity contribution >= 4 is 50.9 Å². The highest BCUT2D eigenvalue weighted by Gasteiger charge is 2.27. The maximum absolute atomic E-state index is 12.2. The number of hydrogen-bond donors (Lipinski definition) is 1. The molecule has 0 aliphatic heterocycles. The topological polar surface area (TPSA) is 129 Å². The van der Waals surface area contributed by atoms with Crippen LogP contribution in [0.15, 0.2) is 83.8 Å². The Hall–Kier alpha value is -4.70. The standard InChI is InChI=1S/C32H29N3O6S/c1-3-8-22-17-27(26(18-29(36)37)21-10-7-12-24(16-21)35(40)41)32(42-2)31-30(22)25-13-4-5-14-28(25)33(31)19-20-9-6-11-23(15-20)34(38)39/h4-7,9-17,26H,3,8,18-19H2,1-2H3,(H,36,37). The van der Waals surface area contributed by atoms with Crippen LogP contribution in [0.3, 0.4) is 0 Å². The second-order valence-corrected chi connectivity index (χ2v) is 11.0. The van der Waals surface area contributed by atoms with Crippen molar-refractivity contribution in [3.05, 3.63) is 121 Å². The molecule has 0 aliphatic carbocycles. The van der Waals surface area contributed by atoms with E-state index < -0.39 is 21.7 Å². The van der Waals surface area contributed by atoms with Crippen molar-refractivity contribution in [1.82, 2.24) is 4.57 Å². The Balaban J connectivity index is 1.85. The lowest BCUT2D eigenvalue weighted by molar-refractivity contribution is -0.385. The first-order valence-corrected chi connectivity index (χ1v) is 14.8. The summed E-state index contributed by atoms with van der Waals surface area (Å²) >= 11 is 1.50. The van der Waals surface area contributed by atoms with Gasteiger partial charge in [0.05, 0.1) is 21.8 Å². The Bertz CT molecular complexity index is 1850. The molecule has 0 fully saturated rings. The van der Waals surface area contributed by atoms with E-state index in [-0.39, 0.29) is 17.8 Å². The van der Waals surface area contributed by atoms with Crippen molar-refractivity contribution < 1.29 is 19.7 Å². The molecule has 1 atom stereocenters. The molecule has 1 heterocycles. The average Bonchev–Trinajstić information content (AvgIpc) is 3.30. The smallest absolute Gasteiger partial charge is 0.304 e. The number of carbonyl (C=O) groups is 1. The number of benzene rings is 4. The molecule has 1 unspecified atom stereocenters. The highest BCUT2D eigenvalue weighted by Crippen LogP contribution is 2.45. The Labute approximate surface area is 246 Å². The molecule has 1 aromatic heterocycles. The van der Waals surface area contributed by atoms with Crippen molar-refractivity contribution in [1.29, 1.82) is 0 Å². The van der Waals surface area contributed by atoms with Gasteiger partial charge in [-0.3, -0.25) is 25.0 Å². The number of nitrogens with zero attached hydrogens (tertiary/aromatic N) is 3. The number of fused-ring (bicyclic) bond motifs is 3. The molecule has 0 aliphatic rings. The van der Waals surface area contributed by atoms with Gasteiger partial charge in [0.2, 0.25) is 0 Å². The molecule has 5 aromatic rings. The molecule has 4 aromatic carbocycles. The van der Waals surface area contributed by atoms with Crippen molar-refractivity contribution in [2.75, 3.05) is 6.26 Å². The van der Waals surface area contributed by atoms with Crippen LogP contribution in [-0.4, -0.2) is 31.7 Å². The van der Waals surface area contributed by atoms with E-state index in [0.29, 0.717) is 12.1 Å². The van der Waals surface area contributed by atoms with E-state index in [2.05, 4.69) is 23.6 Å². The molecule has 5 rings (SSSR count). The molecule has 0 spiro atoms. The van der Waals surface area contributed by atoms with Crippen LogP contribution in [0.2, 0.25) is 0 Å². The lowest BCUT2D eigenvalue weighted by Gasteiger charge is -2.22. The zero-order valence-corrected chi connectivity index (χ0v) is 24.0. The number of rotatable bonds is 11. The largest absolute Gasteiger partial charge is 0.481 e. The molecule has 0 saturated carbocycles. The van der Waals surface area contributed by atoms with Crippen LogP contribution in [0.1, 0.15) is 47.9 Å². The van der Waals surface area contributed by atoms with Crippen molar-refractivity contribution in [2.24, 2.45) is 0 Å². The summed E-state index contributed by atoms with van der Waals surface area (Å²) in [4.78, 5) is 35.3. The van der Waals surface area contributed by atoms with E-state index >= 15 is 0 Å². The molecule has 0 bridgehead atoms. The van der Waals surface area contributed by atoms with Gasteiger partial charge in [0.1, 0.15) is 0 Å². The zero-order valence-electron chi connectivity index (χ0n) is 23.1. The van der Waals surface area contributed by atoms with Crippen LogP contribution in [0.25, 0.3) is 21.8 Å². The molecule has 214 valence electrons. The van der Waals surface area contributed by atoms with Crippen molar-refractivity contribution in [3.63, 3.8) is 0 Å². The van der Waals surface area contributed by atoms with Gasteiger partial charge in [-0.25, -0.2) is 0 Å². The van der Waals surface area contributed by atoms with Crippen LogP contribution >= 0.6 is 11.8 Å². The summed E-state index contributed by atoms with van der Waals surface area (Å²) in [5, 5.41) is 35.2. The Kier molecular flexibility index (Phi) is 8.26. The third kappa shape index (κ3) is 5.45. The number of para-hydroxylation sites is 1. The summed E-state index contributed by atoms with van der Waals surface area (Å²) in [6.45, 7) is 2.46. The molecular formula is C32H29N3O6S. The summed E-state index contributed by atoms with van der Waals surface area (Å²) in [5.41, 5.74) is 5.00. The van der Waals surface area contributed by atoms with E-state index in [4.69, 9.17) is 0 Å². The first-order valence-electron chi connectivity index (χ1n) is 13.5. The third-order valence-electron chi connectivity index (χ3n) is 7.52. The predicted octanol–water partition coefficient (Wildman–Crippen LogP) is 7.94. The maximum atomic E-state index is 12.2. The minimum atomic E-state index is -1.01. The normalized spacial score (nSPS) is 12.0. The van der Waals surface area contributed by atoms with Gasteiger partial charge in [0.15, 0.2) is 0 Å². The second kappa shape index (κ2) is 12.0. The van der Waals surface area contributed by atoms with Crippen LogP contribution in [0.4, 0.5) is 11.4 Å². The van der Waals surface area contributed by atoms with E-state index in [0.717, 1.165) is 56.2 Å². The number of aliphatic carboxylic acids is 1. The number of nitro groups is 2. The number of thioether (sulfide) groups is 1. The number of aryl methyl sites for hydroxylation is 1. The second-order valence-electron chi connectivity index (χ2n) is 10.2. The first-order chi connectivity index (χ1) is 20.2. The molecule has 9 nitrogen and oxygen atoms in total. The average molecular weight is 584 g/mol. The van der Waals surface area contributed by atoms with Gasteiger partial charge >= 0.3 is 5.97 Å². The molecule has 10 heteroatoms. The van der Waals surface area contributed by atoms with E-state index in [9.17, 15) is 30.1 Å². The van der Waals surface area contributed by atoms with Gasteiger partial charge in [-0.05, 0) is 41.0 Å².